The second kappa shape index (κ2) is 7.00. The van der Waals surface area contributed by atoms with Crippen molar-refractivity contribution in [3.63, 3.8) is 0 Å². The molecule has 1 aromatic rings. The van der Waals surface area contributed by atoms with E-state index in [4.69, 9.17) is 9.26 Å². The van der Waals surface area contributed by atoms with Gasteiger partial charge in [0.25, 0.3) is 0 Å². The van der Waals surface area contributed by atoms with Gasteiger partial charge in [-0.15, -0.1) is 0 Å². The van der Waals surface area contributed by atoms with Crippen molar-refractivity contribution in [3.05, 3.63) is 11.3 Å². The minimum atomic E-state index is -0.785. The zero-order chi connectivity index (χ0) is 17.1. The lowest BCUT2D eigenvalue weighted by molar-refractivity contribution is -0.142. The maximum Gasteiger partial charge on any atom is 0.315 e. The number of likely N-dealkylation sites (tertiary alicyclic amines) is 1. The molecule has 0 aliphatic carbocycles. The first kappa shape index (κ1) is 16.4. The van der Waals surface area contributed by atoms with E-state index < -0.39 is 11.8 Å². The van der Waals surface area contributed by atoms with Gasteiger partial charge >= 0.3 is 11.8 Å². The van der Waals surface area contributed by atoms with Gasteiger partial charge in [0.15, 0.2) is 5.82 Å². The number of rotatable bonds is 4. The molecule has 3 rings (SSSR count). The number of fused-ring (bicyclic) bond motifs is 1. The number of aromatic nitrogens is 1. The molecule has 130 valence electrons. The highest BCUT2D eigenvalue weighted by molar-refractivity contribution is 6.39. The minimum absolute atomic E-state index is 0.0922. The van der Waals surface area contributed by atoms with Gasteiger partial charge in [0.2, 0.25) is 5.91 Å². The quantitative estimate of drug-likeness (QED) is 0.761. The van der Waals surface area contributed by atoms with Crippen LogP contribution in [0.15, 0.2) is 4.52 Å². The fraction of sp³-hybridized carbons (Fsp3) is 0.600. The lowest BCUT2D eigenvalue weighted by Gasteiger charge is -2.21. The monoisotopic (exact) mass is 336 g/mol. The average Bonchev–Trinajstić information content (AvgIpc) is 3.18. The third-order valence-electron chi connectivity index (χ3n) is 4.24. The van der Waals surface area contributed by atoms with Crippen LogP contribution in [0.2, 0.25) is 0 Å². The number of amides is 3. The summed E-state index contributed by atoms with van der Waals surface area (Å²) in [6, 6.07) is 0. The first-order chi connectivity index (χ1) is 11.6. The average molecular weight is 336 g/mol. The SMILES string of the molecule is CN(CCN1CCCC1=O)C(=O)C(=O)Nc1noc2c1COCC2. The molecule has 1 saturated heterocycles. The highest BCUT2D eigenvalue weighted by atomic mass is 16.5. The lowest BCUT2D eigenvalue weighted by Crippen LogP contribution is -2.42. The van der Waals surface area contributed by atoms with E-state index in [-0.39, 0.29) is 11.7 Å². The van der Waals surface area contributed by atoms with Crippen molar-refractivity contribution in [3.8, 4) is 0 Å². The molecule has 3 heterocycles. The normalized spacial score (nSPS) is 16.9. The molecule has 0 bridgehead atoms. The van der Waals surface area contributed by atoms with E-state index in [1.165, 1.54) is 11.9 Å². The number of carbonyl (C=O) groups excluding carboxylic acids is 3. The van der Waals surface area contributed by atoms with Crippen LogP contribution in [0.25, 0.3) is 0 Å². The van der Waals surface area contributed by atoms with Crippen LogP contribution in [0.4, 0.5) is 5.82 Å². The predicted octanol–water partition coefficient (Wildman–Crippen LogP) is -0.233. The third kappa shape index (κ3) is 3.40. The zero-order valence-electron chi connectivity index (χ0n) is 13.5. The summed E-state index contributed by atoms with van der Waals surface area (Å²) < 4.78 is 10.4. The molecule has 1 N–H and O–H groups in total. The Hall–Kier alpha value is -2.42. The van der Waals surface area contributed by atoms with Crippen LogP contribution in [0, 0.1) is 0 Å². The van der Waals surface area contributed by atoms with Crippen molar-refractivity contribution < 1.29 is 23.6 Å². The van der Waals surface area contributed by atoms with Gasteiger partial charge in [-0.3, -0.25) is 19.7 Å². The molecule has 0 atom stereocenters. The highest BCUT2D eigenvalue weighted by Gasteiger charge is 2.26. The number of likely N-dealkylation sites (N-methyl/N-ethyl adjacent to an activating group) is 1. The summed E-state index contributed by atoms with van der Waals surface area (Å²) >= 11 is 0. The van der Waals surface area contributed by atoms with Crippen LogP contribution in [0.3, 0.4) is 0 Å². The maximum absolute atomic E-state index is 12.1. The van der Waals surface area contributed by atoms with E-state index in [1.807, 2.05) is 0 Å². The number of anilines is 1. The topological polar surface area (TPSA) is 105 Å². The Morgan fingerprint density at radius 2 is 2.21 bits per heavy atom. The first-order valence-electron chi connectivity index (χ1n) is 7.95. The second-order valence-electron chi connectivity index (χ2n) is 5.90. The second-order valence-corrected chi connectivity index (χ2v) is 5.90. The number of nitrogens with one attached hydrogen (secondary N) is 1. The smallest absolute Gasteiger partial charge is 0.315 e. The standard InChI is InChI=1S/C15H20N4O5/c1-18(6-7-19-5-2-3-12(19)20)15(22)14(21)16-13-10-9-23-8-4-11(10)24-17-13/h2-9H2,1H3,(H,16,17,21). The Labute approximate surface area is 138 Å². The van der Waals surface area contributed by atoms with E-state index in [1.54, 1.807) is 4.90 Å². The van der Waals surface area contributed by atoms with Gasteiger partial charge in [-0.05, 0) is 6.42 Å². The molecule has 3 amide bonds. The molecular formula is C15H20N4O5. The summed E-state index contributed by atoms with van der Waals surface area (Å²) in [6.45, 7) is 2.29. The highest BCUT2D eigenvalue weighted by Crippen LogP contribution is 2.24. The largest absolute Gasteiger partial charge is 0.376 e. The number of hydrogen-bond acceptors (Lipinski definition) is 6. The van der Waals surface area contributed by atoms with Gasteiger partial charge in [0, 0.05) is 39.5 Å². The molecule has 0 radical (unpaired) electrons. The summed E-state index contributed by atoms with van der Waals surface area (Å²) in [6.07, 6.45) is 1.99. The summed E-state index contributed by atoms with van der Waals surface area (Å²) in [5.74, 6) is -0.479. The third-order valence-corrected chi connectivity index (χ3v) is 4.24. The van der Waals surface area contributed by atoms with Crippen molar-refractivity contribution in [1.29, 1.82) is 0 Å². The summed E-state index contributed by atoms with van der Waals surface area (Å²) in [7, 11) is 1.53. The molecule has 9 heteroatoms. The molecular weight excluding hydrogens is 316 g/mol. The molecule has 2 aliphatic heterocycles. The first-order valence-corrected chi connectivity index (χ1v) is 7.95. The van der Waals surface area contributed by atoms with Crippen LogP contribution in [0.5, 0.6) is 0 Å². The summed E-state index contributed by atoms with van der Waals surface area (Å²) in [5, 5.41) is 6.26. The Morgan fingerprint density at radius 3 is 2.96 bits per heavy atom. The van der Waals surface area contributed by atoms with Crippen LogP contribution >= 0.6 is 0 Å². The molecule has 0 aromatic carbocycles. The van der Waals surface area contributed by atoms with Crippen molar-refractivity contribution in [1.82, 2.24) is 15.0 Å². The van der Waals surface area contributed by atoms with E-state index in [0.717, 1.165) is 6.42 Å². The van der Waals surface area contributed by atoms with Gasteiger partial charge in [-0.25, -0.2) is 0 Å². The summed E-state index contributed by atoms with van der Waals surface area (Å²) in [4.78, 5) is 38.8. The Balaban J connectivity index is 1.53. The van der Waals surface area contributed by atoms with Gasteiger partial charge in [-0.2, -0.15) is 0 Å². The van der Waals surface area contributed by atoms with Crippen molar-refractivity contribution in [2.24, 2.45) is 0 Å². The van der Waals surface area contributed by atoms with Gasteiger partial charge in [0.1, 0.15) is 5.76 Å². The minimum Gasteiger partial charge on any atom is -0.376 e. The Morgan fingerprint density at radius 1 is 1.38 bits per heavy atom. The van der Waals surface area contributed by atoms with Crippen LogP contribution in [-0.4, -0.2) is 66.0 Å². The molecule has 24 heavy (non-hydrogen) atoms. The molecule has 0 saturated carbocycles. The number of ether oxygens (including phenoxy) is 1. The molecule has 1 aromatic heterocycles. The Kier molecular flexibility index (Phi) is 4.79. The zero-order valence-corrected chi connectivity index (χ0v) is 13.5. The molecule has 0 spiro atoms. The van der Waals surface area contributed by atoms with Crippen LogP contribution in [-0.2, 0) is 32.1 Å². The van der Waals surface area contributed by atoms with Gasteiger partial charge in [-0.1, -0.05) is 5.16 Å². The van der Waals surface area contributed by atoms with Crippen molar-refractivity contribution >= 4 is 23.5 Å². The van der Waals surface area contributed by atoms with Crippen molar-refractivity contribution in [2.75, 3.05) is 38.6 Å². The number of carbonyl (C=O) groups is 3. The predicted molar refractivity (Wildman–Crippen MR) is 81.9 cm³/mol. The Bertz CT molecular complexity index is 656. The lowest BCUT2D eigenvalue weighted by atomic mass is 10.2. The summed E-state index contributed by atoms with van der Waals surface area (Å²) in [5.41, 5.74) is 0.674. The fourth-order valence-electron chi connectivity index (χ4n) is 2.77. The maximum atomic E-state index is 12.1. The number of hydrogen-bond donors (Lipinski definition) is 1. The van der Waals surface area contributed by atoms with Gasteiger partial charge < -0.3 is 19.1 Å². The van der Waals surface area contributed by atoms with Crippen molar-refractivity contribution in [2.45, 2.75) is 25.9 Å². The molecule has 9 nitrogen and oxygen atoms in total. The van der Waals surface area contributed by atoms with E-state index >= 15 is 0 Å². The molecule has 2 aliphatic rings. The van der Waals surface area contributed by atoms with E-state index in [0.29, 0.717) is 57.0 Å². The van der Waals surface area contributed by atoms with E-state index in [9.17, 15) is 14.4 Å². The van der Waals surface area contributed by atoms with Crippen LogP contribution in [0.1, 0.15) is 24.2 Å². The van der Waals surface area contributed by atoms with Gasteiger partial charge in [0.05, 0.1) is 18.8 Å². The number of nitrogens with zero attached hydrogens (tertiary/aromatic N) is 3. The molecule has 0 unspecified atom stereocenters. The molecule has 1 fully saturated rings. The van der Waals surface area contributed by atoms with Crippen LogP contribution < -0.4 is 5.32 Å². The fourth-order valence-corrected chi connectivity index (χ4v) is 2.77. The van der Waals surface area contributed by atoms with E-state index in [2.05, 4.69) is 10.5 Å².